The first-order chi connectivity index (χ1) is 8.02. The summed E-state index contributed by atoms with van der Waals surface area (Å²) in [5, 5.41) is 0. The van der Waals surface area contributed by atoms with Gasteiger partial charge in [0.15, 0.2) is 11.6 Å². The number of halogens is 1. The number of hydrogen-bond acceptors (Lipinski definition) is 4. The molecule has 94 valence electrons. The molecule has 0 unspecified atom stereocenters. The standard InChI is InChI=1S/C12H16FNO3/c1-4-5-17-12(15)9-10(13)8(16-3)6-7(2)11(9)14/h6H,4-5,14H2,1-3H3. The maximum atomic E-state index is 13.9. The van der Waals surface area contributed by atoms with Gasteiger partial charge in [-0.1, -0.05) is 6.92 Å². The lowest BCUT2D eigenvalue weighted by Gasteiger charge is -2.12. The van der Waals surface area contributed by atoms with Crippen LogP contribution in [0.4, 0.5) is 10.1 Å². The SMILES string of the molecule is CCCOC(=O)c1c(N)c(C)cc(OC)c1F. The van der Waals surface area contributed by atoms with Gasteiger partial charge in [0.1, 0.15) is 5.56 Å². The van der Waals surface area contributed by atoms with Gasteiger partial charge in [-0.3, -0.25) is 0 Å². The molecule has 0 heterocycles. The molecule has 5 heteroatoms. The smallest absolute Gasteiger partial charge is 0.343 e. The fourth-order valence-corrected chi connectivity index (χ4v) is 1.39. The van der Waals surface area contributed by atoms with Crippen molar-refractivity contribution in [3.8, 4) is 5.75 Å². The van der Waals surface area contributed by atoms with Crippen LogP contribution in [0.2, 0.25) is 0 Å². The van der Waals surface area contributed by atoms with Gasteiger partial charge in [-0.2, -0.15) is 0 Å². The summed E-state index contributed by atoms with van der Waals surface area (Å²) < 4.78 is 23.6. The van der Waals surface area contributed by atoms with E-state index in [-0.39, 0.29) is 23.6 Å². The Balaban J connectivity index is 3.21. The van der Waals surface area contributed by atoms with Gasteiger partial charge in [0, 0.05) is 0 Å². The summed E-state index contributed by atoms with van der Waals surface area (Å²) >= 11 is 0. The van der Waals surface area contributed by atoms with Gasteiger partial charge in [-0.15, -0.1) is 0 Å². The minimum absolute atomic E-state index is 0.0138. The number of aryl methyl sites for hydroxylation is 1. The number of nitrogens with two attached hydrogens (primary N) is 1. The van der Waals surface area contributed by atoms with Gasteiger partial charge in [-0.25, -0.2) is 9.18 Å². The van der Waals surface area contributed by atoms with Crippen LogP contribution in [-0.4, -0.2) is 19.7 Å². The Bertz CT molecular complexity index is 432. The van der Waals surface area contributed by atoms with Crippen molar-refractivity contribution in [1.82, 2.24) is 0 Å². The van der Waals surface area contributed by atoms with Crippen LogP contribution in [0, 0.1) is 12.7 Å². The first kappa shape index (κ1) is 13.3. The normalized spacial score (nSPS) is 10.1. The van der Waals surface area contributed by atoms with Gasteiger partial charge in [0.2, 0.25) is 0 Å². The third kappa shape index (κ3) is 2.67. The zero-order valence-electron chi connectivity index (χ0n) is 10.2. The van der Waals surface area contributed by atoms with Crippen LogP contribution in [0.25, 0.3) is 0 Å². The Morgan fingerprint density at radius 2 is 2.18 bits per heavy atom. The molecule has 0 fully saturated rings. The second-order valence-electron chi connectivity index (χ2n) is 3.63. The highest BCUT2D eigenvalue weighted by Crippen LogP contribution is 2.29. The van der Waals surface area contributed by atoms with E-state index in [4.69, 9.17) is 15.2 Å². The average molecular weight is 241 g/mol. The van der Waals surface area contributed by atoms with Crippen molar-refractivity contribution in [2.75, 3.05) is 19.5 Å². The number of carbonyl (C=O) groups excluding carboxylic acids is 1. The predicted octanol–water partition coefficient (Wildman–Crippen LogP) is 2.29. The second kappa shape index (κ2) is 5.52. The van der Waals surface area contributed by atoms with E-state index in [0.29, 0.717) is 12.0 Å². The molecule has 0 amide bonds. The van der Waals surface area contributed by atoms with E-state index in [9.17, 15) is 9.18 Å². The largest absolute Gasteiger partial charge is 0.494 e. The fraction of sp³-hybridized carbons (Fsp3) is 0.417. The molecule has 0 aliphatic carbocycles. The molecule has 1 aromatic carbocycles. The molecule has 0 radical (unpaired) electrons. The van der Waals surface area contributed by atoms with E-state index < -0.39 is 11.8 Å². The van der Waals surface area contributed by atoms with Gasteiger partial charge in [0.25, 0.3) is 0 Å². The maximum absolute atomic E-state index is 13.9. The Morgan fingerprint density at radius 1 is 1.53 bits per heavy atom. The molecule has 4 nitrogen and oxygen atoms in total. The van der Waals surface area contributed by atoms with Crippen molar-refractivity contribution in [3.05, 3.63) is 23.0 Å². The van der Waals surface area contributed by atoms with Crippen LogP contribution in [-0.2, 0) is 4.74 Å². The van der Waals surface area contributed by atoms with E-state index in [1.54, 1.807) is 6.92 Å². The lowest BCUT2D eigenvalue weighted by molar-refractivity contribution is 0.0500. The molecule has 0 atom stereocenters. The lowest BCUT2D eigenvalue weighted by Crippen LogP contribution is -2.13. The summed E-state index contributed by atoms with van der Waals surface area (Å²) in [7, 11) is 1.33. The van der Waals surface area contributed by atoms with Gasteiger partial charge in [0.05, 0.1) is 19.4 Å². The van der Waals surface area contributed by atoms with Crippen LogP contribution in [0.15, 0.2) is 6.07 Å². The van der Waals surface area contributed by atoms with E-state index in [1.807, 2.05) is 6.92 Å². The monoisotopic (exact) mass is 241 g/mol. The first-order valence-electron chi connectivity index (χ1n) is 5.32. The zero-order valence-corrected chi connectivity index (χ0v) is 10.2. The third-order valence-electron chi connectivity index (χ3n) is 2.34. The summed E-state index contributed by atoms with van der Waals surface area (Å²) in [5.74, 6) is -1.55. The molecular weight excluding hydrogens is 225 g/mol. The molecule has 1 aromatic rings. The Kier molecular flexibility index (Phi) is 4.31. The van der Waals surface area contributed by atoms with E-state index in [1.165, 1.54) is 13.2 Å². The van der Waals surface area contributed by atoms with Crippen LogP contribution >= 0.6 is 0 Å². The lowest BCUT2D eigenvalue weighted by atomic mass is 10.1. The van der Waals surface area contributed by atoms with Crippen molar-refractivity contribution in [2.24, 2.45) is 0 Å². The highest BCUT2D eigenvalue weighted by Gasteiger charge is 2.22. The summed E-state index contributed by atoms with van der Waals surface area (Å²) in [4.78, 5) is 11.7. The zero-order chi connectivity index (χ0) is 13.0. The number of carbonyl (C=O) groups is 1. The average Bonchev–Trinajstić information content (AvgIpc) is 2.31. The number of nitrogen functional groups attached to an aromatic ring is 1. The fourth-order valence-electron chi connectivity index (χ4n) is 1.39. The molecule has 0 aliphatic heterocycles. The minimum atomic E-state index is -0.781. The van der Waals surface area contributed by atoms with Crippen molar-refractivity contribution in [1.29, 1.82) is 0 Å². The first-order valence-corrected chi connectivity index (χ1v) is 5.32. The maximum Gasteiger partial charge on any atom is 0.343 e. The van der Waals surface area contributed by atoms with E-state index in [2.05, 4.69) is 0 Å². The van der Waals surface area contributed by atoms with E-state index in [0.717, 1.165) is 0 Å². The third-order valence-corrected chi connectivity index (χ3v) is 2.34. The number of methoxy groups -OCH3 is 1. The number of esters is 1. The van der Waals surface area contributed by atoms with Crippen LogP contribution < -0.4 is 10.5 Å². The van der Waals surface area contributed by atoms with Crippen molar-refractivity contribution in [3.63, 3.8) is 0 Å². The van der Waals surface area contributed by atoms with Crippen molar-refractivity contribution >= 4 is 11.7 Å². The highest BCUT2D eigenvalue weighted by molar-refractivity contribution is 5.96. The molecule has 0 spiro atoms. The number of benzene rings is 1. The second-order valence-corrected chi connectivity index (χ2v) is 3.63. The van der Waals surface area contributed by atoms with Crippen molar-refractivity contribution in [2.45, 2.75) is 20.3 Å². The molecule has 17 heavy (non-hydrogen) atoms. The summed E-state index contributed by atoms with van der Waals surface area (Å²) in [6, 6.07) is 1.45. The Hall–Kier alpha value is -1.78. The molecule has 0 bridgehead atoms. The summed E-state index contributed by atoms with van der Waals surface area (Å²) in [5.41, 5.74) is 6.09. The van der Waals surface area contributed by atoms with Crippen LogP contribution in [0.1, 0.15) is 29.3 Å². The summed E-state index contributed by atoms with van der Waals surface area (Å²) in [6.07, 6.45) is 0.663. The molecule has 0 aromatic heterocycles. The number of anilines is 1. The predicted molar refractivity (Wildman–Crippen MR) is 62.7 cm³/mol. The Labute approximate surface area is 99.5 Å². The molecule has 0 aliphatic rings. The molecule has 0 saturated carbocycles. The molecular formula is C12H16FNO3. The molecule has 0 saturated heterocycles. The summed E-state index contributed by atoms with van der Waals surface area (Å²) in [6.45, 7) is 3.76. The van der Waals surface area contributed by atoms with Crippen LogP contribution in [0.5, 0.6) is 5.75 Å². The topological polar surface area (TPSA) is 61.5 Å². The number of ether oxygens (including phenoxy) is 2. The molecule has 2 N–H and O–H groups in total. The quantitative estimate of drug-likeness (QED) is 0.649. The van der Waals surface area contributed by atoms with Crippen molar-refractivity contribution < 1.29 is 18.7 Å². The number of rotatable bonds is 4. The molecule has 1 rings (SSSR count). The minimum Gasteiger partial charge on any atom is -0.494 e. The van der Waals surface area contributed by atoms with Gasteiger partial charge >= 0.3 is 5.97 Å². The van der Waals surface area contributed by atoms with Gasteiger partial charge in [-0.05, 0) is 25.0 Å². The van der Waals surface area contributed by atoms with E-state index >= 15 is 0 Å². The highest BCUT2D eigenvalue weighted by atomic mass is 19.1. The van der Waals surface area contributed by atoms with Gasteiger partial charge < -0.3 is 15.2 Å². The number of hydrogen-bond donors (Lipinski definition) is 1. The Morgan fingerprint density at radius 3 is 2.71 bits per heavy atom. The van der Waals surface area contributed by atoms with Crippen LogP contribution in [0.3, 0.4) is 0 Å².